The molecular formula is C28H33N5O2. The number of amides is 2. The van der Waals surface area contributed by atoms with Gasteiger partial charge in [-0.2, -0.15) is 5.10 Å². The normalized spacial score (nSPS) is 15.5. The second-order valence-corrected chi connectivity index (χ2v) is 10.8. The molecule has 0 bridgehead atoms. The van der Waals surface area contributed by atoms with Crippen molar-refractivity contribution in [1.82, 2.24) is 24.6 Å². The fourth-order valence-corrected chi connectivity index (χ4v) is 5.04. The van der Waals surface area contributed by atoms with Crippen LogP contribution >= 0.6 is 0 Å². The first-order chi connectivity index (χ1) is 16.8. The zero-order chi connectivity index (χ0) is 24.6. The maximum Gasteiger partial charge on any atom is 0.275 e. The van der Waals surface area contributed by atoms with Gasteiger partial charge in [0.2, 0.25) is 5.91 Å². The third-order valence-electron chi connectivity index (χ3n) is 6.83. The zero-order valence-electron chi connectivity index (χ0n) is 20.8. The van der Waals surface area contributed by atoms with Crippen molar-refractivity contribution in [3.05, 3.63) is 82.4 Å². The van der Waals surface area contributed by atoms with Gasteiger partial charge >= 0.3 is 0 Å². The van der Waals surface area contributed by atoms with Gasteiger partial charge in [-0.05, 0) is 35.1 Å². The Kier molecular flexibility index (Phi) is 6.17. The van der Waals surface area contributed by atoms with Gasteiger partial charge in [0.1, 0.15) is 0 Å². The lowest BCUT2D eigenvalue weighted by molar-refractivity contribution is -0.134. The van der Waals surface area contributed by atoms with Crippen LogP contribution in [0.25, 0.3) is 0 Å². The number of rotatable bonds is 4. The minimum absolute atomic E-state index is 0.0550. The topological polar surface area (TPSA) is 71.3 Å². The standard InChI is InChI=1S/C28H33N5O2/c1-28(2,3)16-25(34)31-15-12-24-23(19-31)26(30-33(24)18-22-10-6-7-13-29-22)27(35)32-14-11-20-8-4-5-9-21(20)17-32/h4-10,13H,11-12,14-19H2,1-3H3. The van der Waals surface area contributed by atoms with Crippen LogP contribution in [0.5, 0.6) is 0 Å². The van der Waals surface area contributed by atoms with Gasteiger partial charge in [0, 0.05) is 56.5 Å². The van der Waals surface area contributed by atoms with Crippen LogP contribution in [0.4, 0.5) is 0 Å². The first kappa shape index (κ1) is 23.3. The molecule has 0 aliphatic carbocycles. The maximum atomic E-state index is 13.8. The molecular weight excluding hydrogens is 438 g/mol. The minimum Gasteiger partial charge on any atom is -0.338 e. The highest BCUT2D eigenvalue weighted by Crippen LogP contribution is 2.28. The van der Waals surface area contributed by atoms with Gasteiger partial charge in [-0.1, -0.05) is 51.1 Å². The number of aromatic nitrogens is 3. The van der Waals surface area contributed by atoms with Crippen molar-refractivity contribution in [2.45, 2.75) is 59.7 Å². The molecule has 35 heavy (non-hydrogen) atoms. The number of nitrogens with zero attached hydrogens (tertiary/aromatic N) is 5. The Balaban J connectivity index is 1.46. The molecule has 182 valence electrons. The zero-order valence-corrected chi connectivity index (χ0v) is 20.8. The van der Waals surface area contributed by atoms with Crippen molar-refractivity contribution in [3.8, 4) is 0 Å². The monoisotopic (exact) mass is 471 g/mol. The number of benzene rings is 1. The Bertz CT molecular complexity index is 1240. The molecule has 0 N–H and O–H groups in total. The van der Waals surface area contributed by atoms with E-state index in [1.807, 2.05) is 38.7 Å². The molecule has 2 amide bonds. The van der Waals surface area contributed by atoms with E-state index in [0.29, 0.717) is 51.3 Å². The van der Waals surface area contributed by atoms with E-state index >= 15 is 0 Å². The van der Waals surface area contributed by atoms with Crippen LogP contribution in [-0.2, 0) is 37.3 Å². The van der Waals surface area contributed by atoms with Crippen LogP contribution < -0.4 is 0 Å². The van der Waals surface area contributed by atoms with Crippen LogP contribution in [0.3, 0.4) is 0 Å². The summed E-state index contributed by atoms with van der Waals surface area (Å²) in [6.07, 6.45) is 3.78. The summed E-state index contributed by atoms with van der Waals surface area (Å²) in [7, 11) is 0. The molecule has 1 aromatic carbocycles. The summed E-state index contributed by atoms with van der Waals surface area (Å²) in [4.78, 5) is 35.1. The molecule has 0 unspecified atom stereocenters. The molecule has 5 rings (SSSR count). The van der Waals surface area contributed by atoms with E-state index in [2.05, 4.69) is 44.0 Å². The summed E-state index contributed by atoms with van der Waals surface area (Å²) in [5.41, 5.74) is 5.71. The van der Waals surface area contributed by atoms with Gasteiger partial charge in [0.15, 0.2) is 5.69 Å². The molecule has 0 saturated carbocycles. The molecule has 0 fully saturated rings. The average Bonchev–Trinajstić information content (AvgIpc) is 3.20. The number of carbonyl (C=O) groups is 2. The minimum atomic E-state index is -0.0830. The largest absolute Gasteiger partial charge is 0.338 e. The van der Waals surface area contributed by atoms with E-state index in [4.69, 9.17) is 5.10 Å². The van der Waals surface area contributed by atoms with Crippen molar-refractivity contribution in [1.29, 1.82) is 0 Å². The van der Waals surface area contributed by atoms with Crippen molar-refractivity contribution in [2.24, 2.45) is 5.41 Å². The van der Waals surface area contributed by atoms with Crippen molar-refractivity contribution >= 4 is 11.8 Å². The van der Waals surface area contributed by atoms with E-state index < -0.39 is 0 Å². The van der Waals surface area contributed by atoms with Crippen LogP contribution in [0.1, 0.15) is 65.8 Å². The first-order valence-electron chi connectivity index (χ1n) is 12.4. The fraction of sp³-hybridized carbons (Fsp3) is 0.429. The second-order valence-electron chi connectivity index (χ2n) is 10.8. The van der Waals surface area contributed by atoms with E-state index in [-0.39, 0.29) is 17.2 Å². The molecule has 0 saturated heterocycles. The Morgan fingerprint density at radius 2 is 1.66 bits per heavy atom. The summed E-state index contributed by atoms with van der Waals surface area (Å²) >= 11 is 0. The van der Waals surface area contributed by atoms with Crippen molar-refractivity contribution < 1.29 is 9.59 Å². The summed E-state index contributed by atoms with van der Waals surface area (Å²) in [6.45, 7) is 9.07. The lowest BCUT2D eigenvalue weighted by Crippen LogP contribution is -2.40. The number of carbonyl (C=O) groups excluding carboxylic acids is 2. The highest BCUT2D eigenvalue weighted by molar-refractivity contribution is 5.94. The van der Waals surface area contributed by atoms with Gasteiger partial charge < -0.3 is 9.80 Å². The van der Waals surface area contributed by atoms with Crippen LogP contribution in [0, 0.1) is 5.41 Å². The molecule has 0 radical (unpaired) electrons. The van der Waals surface area contributed by atoms with Crippen molar-refractivity contribution in [3.63, 3.8) is 0 Å². The molecule has 2 aliphatic heterocycles. The predicted octanol–water partition coefficient (Wildman–Crippen LogP) is 3.85. The quantitative estimate of drug-likeness (QED) is 0.580. The molecule has 2 aromatic heterocycles. The Labute approximate surface area is 206 Å². The van der Waals surface area contributed by atoms with Gasteiger partial charge in [-0.25, -0.2) is 0 Å². The number of fused-ring (bicyclic) bond motifs is 2. The highest BCUT2D eigenvalue weighted by atomic mass is 16.2. The maximum absolute atomic E-state index is 13.8. The number of hydrogen-bond donors (Lipinski definition) is 0. The van der Waals surface area contributed by atoms with Crippen LogP contribution in [0.2, 0.25) is 0 Å². The Hall–Kier alpha value is -3.48. The fourth-order valence-electron chi connectivity index (χ4n) is 5.04. The van der Waals surface area contributed by atoms with E-state index in [0.717, 1.165) is 23.4 Å². The predicted molar refractivity (Wildman–Crippen MR) is 134 cm³/mol. The Morgan fingerprint density at radius 1 is 0.914 bits per heavy atom. The van der Waals surface area contributed by atoms with Crippen molar-refractivity contribution in [2.75, 3.05) is 13.1 Å². The van der Waals surface area contributed by atoms with E-state index in [9.17, 15) is 9.59 Å². The molecule has 7 nitrogen and oxygen atoms in total. The summed E-state index contributed by atoms with van der Waals surface area (Å²) in [6, 6.07) is 14.1. The van der Waals surface area contributed by atoms with Gasteiger partial charge in [0.25, 0.3) is 5.91 Å². The third-order valence-corrected chi connectivity index (χ3v) is 6.83. The van der Waals surface area contributed by atoms with Gasteiger partial charge in [-0.3, -0.25) is 19.3 Å². The molecule has 2 aliphatic rings. The molecule has 7 heteroatoms. The average molecular weight is 472 g/mol. The molecule has 3 aromatic rings. The van der Waals surface area contributed by atoms with E-state index in [1.165, 1.54) is 11.1 Å². The summed E-state index contributed by atoms with van der Waals surface area (Å²) < 4.78 is 1.92. The summed E-state index contributed by atoms with van der Waals surface area (Å²) in [5, 5.41) is 4.83. The molecule has 0 spiro atoms. The highest BCUT2D eigenvalue weighted by Gasteiger charge is 2.33. The SMILES string of the molecule is CC(C)(C)CC(=O)N1CCc2c(c(C(=O)N3CCc4ccccc4C3)nn2Cc2ccccn2)C1. The van der Waals surface area contributed by atoms with Crippen LogP contribution in [-0.4, -0.2) is 49.5 Å². The molecule has 4 heterocycles. The smallest absolute Gasteiger partial charge is 0.275 e. The number of pyridine rings is 1. The first-order valence-corrected chi connectivity index (χ1v) is 12.4. The summed E-state index contributed by atoms with van der Waals surface area (Å²) in [5.74, 6) is 0.0755. The Morgan fingerprint density at radius 3 is 2.40 bits per heavy atom. The lowest BCUT2D eigenvalue weighted by Gasteiger charge is -2.31. The van der Waals surface area contributed by atoms with Gasteiger partial charge in [0.05, 0.1) is 12.2 Å². The third kappa shape index (κ3) is 4.99. The van der Waals surface area contributed by atoms with Crippen LogP contribution in [0.15, 0.2) is 48.7 Å². The number of hydrogen-bond acceptors (Lipinski definition) is 4. The molecule has 0 atom stereocenters. The van der Waals surface area contributed by atoms with E-state index in [1.54, 1.807) is 6.20 Å². The van der Waals surface area contributed by atoms with Gasteiger partial charge in [-0.15, -0.1) is 0 Å². The lowest BCUT2D eigenvalue weighted by atomic mass is 9.91. The second kappa shape index (κ2) is 9.29.